The number of unbranched alkanes of at least 4 members (excludes halogenated alkanes) is 2. The van der Waals surface area contributed by atoms with Crippen LogP contribution >= 0.6 is 0 Å². The number of benzene rings is 2. The Morgan fingerprint density at radius 3 is 2.43 bits per heavy atom. The Hall–Kier alpha value is -4.52. The van der Waals surface area contributed by atoms with Gasteiger partial charge in [-0.2, -0.15) is 0 Å². The van der Waals surface area contributed by atoms with Crippen LogP contribution < -0.4 is 9.47 Å². The Kier molecular flexibility index (Phi) is 15.2. The van der Waals surface area contributed by atoms with Crippen LogP contribution in [0.4, 0.5) is 5.69 Å². The molecule has 2 saturated carbocycles. The van der Waals surface area contributed by atoms with Crippen molar-refractivity contribution in [2.24, 2.45) is 28.8 Å². The molecule has 6 atom stereocenters. The third-order valence-corrected chi connectivity index (χ3v) is 12.7. The molecule has 0 bridgehead atoms. The van der Waals surface area contributed by atoms with Gasteiger partial charge in [-0.15, -0.1) is 6.58 Å². The zero-order chi connectivity index (χ0) is 41.1. The molecule has 2 N–H and O–H groups in total. The smallest absolute Gasteiger partial charge is 0.269 e. The lowest BCUT2D eigenvalue weighted by Crippen LogP contribution is -2.69. The average molecular weight is 800 g/mol. The molecule has 1 heterocycles. The highest BCUT2D eigenvalue weighted by Crippen LogP contribution is 2.62. The molecule has 3 aliphatic carbocycles. The molecule has 12 heteroatoms. The van der Waals surface area contributed by atoms with Gasteiger partial charge in [0.25, 0.3) is 5.69 Å². The summed E-state index contributed by atoms with van der Waals surface area (Å²) < 4.78 is 20.3. The number of rotatable bonds is 22. The molecule has 1 amide bonds. The largest absolute Gasteiger partial charge is 0.490 e. The fourth-order valence-electron chi connectivity index (χ4n) is 9.85. The minimum absolute atomic E-state index is 0.00324. The molecule has 0 saturated heterocycles. The standard InChI is InChI=1S/C46H61N3O9/c1-4-26-55-36-21-22-41-39(29-36)44-37(15-9-11-25-51)34(14-8-10-24-50)28-38-40(47-57-31-33-16-19-35(20-17-33)49(53)54)30-42(46(58-41,45(38)44)56-27-5-2)48(3)43(52)23-18-32-12-6-7-13-32/h4-5,16-17,19-22,28-29,32,34,37,42,44-45,50-51H,1-2,6-15,18,23-27,30-31H2,3H3/t34-,37+,42-,44+,45+,46+/m0/s1. The van der Waals surface area contributed by atoms with Crippen molar-refractivity contribution in [2.75, 3.05) is 33.5 Å². The van der Waals surface area contributed by atoms with Gasteiger partial charge in [-0.25, -0.2) is 0 Å². The third kappa shape index (κ3) is 9.67. The summed E-state index contributed by atoms with van der Waals surface area (Å²) in [4.78, 5) is 33.1. The Bertz CT molecular complexity index is 1790. The number of nitrogens with zero attached hydrogens (tertiary/aromatic N) is 3. The van der Waals surface area contributed by atoms with E-state index in [1.807, 2.05) is 24.1 Å². The number of ether oxygens (including phenoxy) is 3. The molecule has 314 valence electrons. The van der Waals surface area contributed by atoms with E-state index in [0.29, 0.717) is 55.4 Å². The van der Waals surface area contributed by atoms with Crippen LogP contribution in [0.1, 0.15) is 101 Å². The molecule has 2 aromatic carbocycles. The van der Waals surface area contributed by atoms with Crippen LogP contribution in [0.3, 0.4) is 0 Å². The number of fused-ring (bicyclic) bond motifs is 2. The predicted octanol–water partition coefficient (Wildman–Crippen LogP) is 8.42. The highest BCUT2D eigenvalue weighted by Gasteiger charge is 2.65. The van der Waals surface area contributed by atoms with Gasteiger partial charge >= 0.3 is 0 Å². The van der Waals surface area contributed by atoms with E-state index in [4.69, 9.17) is 24.2 Å². The number of likely N-dealkylation sites (N-methyl/N-ethyl adjacent to an activating group) is 1. The summed E-state index contributed by atoms with van der Waals surface area (Å²) in [6, 6.07) is 11.5. The van der Waals surface area contributed by atoms with Crippen molar-refractivity contribution in [2.45, 2.75) is 108 Å². The normalized spacial score (nSPS) is 25.5. The number of hydrogen-bond acceptors (Lipinski definition) is 10. The second-order valence-electron chi connectivity index (χ2n) is 16.3. The van der Waals surface area contributed by atoms with Gasteiger partial charge in [0.05, 0.1) is 23.2 Å². The van der Waals surface area contributed by atoms with Crippen molar-refractivity contribution in [3.05, 3.63) is 101 Å². The first-order valence-electron chi connectivity index (χ1n) is 21.2. The Labute approximate surface area is 342 Å². The van der Waals surface area contributed by atoms with Gasteiger partial charge in [0.15, 0.2) is 0 Å². The Morgan fingerprint density at radius 2 is 1.74 bits per heavy atom. The van der Waals surface area contributed by atoms with Crippen molar-refractivity contribution in [3.8, 4) is 11.5 Å². The fourth-order valence-corrected chi connectivity index (χ4v) is 9.85. The fraction of sp³-hybridized carbons (Fsp3) is 0.565. The maximum Gasteiger partial charge on any atom is 0.269 e. The molecule has 58 heavy (non-hydrogen) atoms. The number of carbonyl (C=O) groups is 1. The molecule has 2 fully saturated rings. The van der Waals surface area contributed by atoms with E-state index in [2.05, 4.69) is 25.3 Å². The summed E-state index contributed by atoms with van der Waals surface area (Å²) in [5.74, 6) is 0.208. The van der Waals surface area contributed by atoms with Crippen molar-refractivity contribution in [1.29, 1.82) is 0 Å². The summed E-state index contributed by atoms with van der Waals surface area (Å²) in [5.41, 5.74) is 3.35. The minimum Gasteiger partial charge on any atom is -0.490 e. The van der Waals surface area contributed by atoms with Crippen LogP contribution in [0.15, 0.2) is 84.6 Å². The zero-order valence-electron chi connectivity index (χ0n) is 34.0. The van der Waals surface area contributed by atoms with Crippen LogP contribution in [-0.4, -0.2) is 77.0 Å². The van der Waals surface area contributed by atoms with Gasteiger partial charge in [-0.3, -0.25) is 14.9 Å². The maximum absolute atomic E-state index is 14.3. The number of carbonyl (C=O) groups excluding carboxylic acids is 1. The minimum atomic E-state index is -1.32. The number of hydrogen-bond donors (Lipinski definition) is 2. The van der Waals surface area contributed by atoms with Crippen LogP contribution in [0.25, 0.3) is 0 Å². The van der Waals surface area contributed by atoms with Crippen LogP contribution in [0.5, 0.6) is 11.5 Å². The summed E-state index contributed by atoms with van der Waals surface area (Å²) >= 11 is 0. The summed E-state index contributed by atoms with van der Waals surface area (Å²) in [6.07, 6.45) is 16.7. The molecule has 0 spiro atoms. The van der Waals surface area contributed by atoms with E-state index >= 15 is 0 Å². The van der Waals surface area contributed by atoms with E-state index in [0.717, 1.165) is 61.6 Å². The van der Waals surface area contributed by atoms with Gasteiger partial charge < -0.3 is 34.2 Å². The molecular weight excluding hydrogens is 739 g/mol. The molecule has 12 nitrogen and oxygen atoms in total. The lowest BCUT2D eigenvalue weighted by atomic mass is 9.55. The van der Waals surface area contributed by atoms with E-state index in [1.165, 1.54) is 25.0 Å². The first-order valence-corrected chi connectivity index (χ1v) is 21.2. The molecule has 0 unspecified atom stereocenters. The monoisotopic (exact) mass is 799 g/mol. The van der Waals surface area contributed by atoms with Crippen molar-refractivity contribution in [3.63, 3.8) is 0 Å². The van der Waals surface area contributed by atoms with Crippen LogP contribution in [0, 0.1) is 33.8 Å². The number of amides is 1. The second-order valence-corrected chi connectivity index (χ2v) is 16.3. The lowest BCUT2D eigenvalue weighted by molar-refractivity contribution is -0.384. The van der Waals surface area contributed by atoms with E-state index in [-0.39, 0.29) is 55.8 Å². The highest BCUT2D eigenvalue weighted by atomic mass is 16.7. The highest BCUT2D eigenvalue weighted by molar-refractivity contribution is 6.03. The summed E-state index contributed by atoms with van der Waals surface area (Å²) in [7, 11) is 1.85. The lowest BCUT2D eigenvalue weighted by Gasteiger charge is -2.59. The molecule has 0 radical (unpaired) electrons. The quantitative estimate of drug-likeness (QED) is 0.0517. The summed E-state index contributed by atoms with van der Waals surface area (Å²) in [5, 5.41) is 35.8. The Morgan fingerprint density at radius 1 is 1.02 bits per heavy atom. The average Bonchev–Trinajstić information content (AvgIpc) is 3.76. The number of nitro benzene ring substituents is 1. The predicted molar refractivity (Wildman–Crippen MR) is 222 cm³/mol. The second kappa shape index (κ2) is 20.4. The topological polar surface area (TPSA) is 153 Å². The Balaban J connectivity index is 1.49. The van der Waals surface area contributed by atoms with E-state index in [9.17, 15) is 25.1 Å². The van der Waals surface area contributed by atoms with E-state index < -0.39 is 22.7 Å². The number of aliphatic hydroxyl groups is 2. The van der Waals surface area contributed by atoms with Gasteiger partial charge in [0.2, 0.25) is 11.7 Å². The van der Waals surface area contributed by atoms with E-state index in [1.54, 1.807) is 24.3 Å². The SMILES string of the molecule is C=CCOc1ccc2c(c1)[C@H]1[C@H](CCCCO)[C@@H](CCCCO)C=C3C(=NOCc4ccc([N+](=O)[O-])cc4)C[C@H](N(C)C(=O)CCC4CCCC4)[C@@](OCC=C)(O2)[C@H]31. The molecule has 0 aromatic heterocycles. The van der Waals surface area contributed by atoms with Gasteiger partial charge in [0.1, 0.15) is 30.8 Å². The summed E-state index contributed by atoms with van der Waals surface area (Å²) in [6.45, 7) is 8.67. The third-order valence-electron chi connectivity index (χ3n) is 12.7. The molecule has 4 aliphatic rings. The zero-order valence-corrected chi connectivity index (χ0v) is 34.0. The number of allylic oxidation sites excluding steroid dienone is 1. The molecule has 2 aromatic rings. The van der Waals surface area contributed by atoms with Gasteiger partial charge in [-0.1, -0.05) is 68.5 Å². The van der Waals surface area contributed by atoms with Crippen LogP contribution in [-0.2, 0) is 21.0 Å². The van der Waals surface area contributed by atoms with Gasteiger partial charge in [-0.05, 0) is 91.3 Å². The van der Waals surface area contributed by atoms with Crippen molar-refractivity contribution < 1.29 is 39.0 Å². The van der Waals surface area contributed by atoms with Crippen LogP contribution in [0.2, 0.25) is 0 Å². The molecule has 1 aliphatic heterocycles. The van der Waals surface area contributed by atoms with Gasteiger partial charge in [0, 0.05) is 56.7 Å². The first-order chi connectivity index (χ1) is 28.2. The number of nitro groups is 1. The number of non-ortho nitro benzene ring substituents is 1. The number of aliphatic hydroxyl groups excluding tert-OH is 2. The molecular formula is C46H61N3O9. The number of oxime groups is 1. The molecule has 6 rings (SSSR count). The first kappa shape index (κ1) is 43.1. The van der Waals surface area contributed by atoms with Crippen molar-refractivity contribution in [1.82, 2.24) is 4.90 Å². The maximum atomic E-state index is 14.3. The van der Waals surface area contributed by atoms with Crippen molar-refractivity contribution >= 4 is 17.3 Å².